The average Bonchev–Trinajstić information content (AvgIpc) is 2.26. The van der Waals surface area contributed by atoms with Crippen LogP contribution in [0.15, 0.2) is 12.1 Å². The second kappa shape index (κ2) is 4.94. The summed E-state index contributed by atoms with van der Waals surface area (Å²) < 4.78 is 0. The third-order valence-corrected chi connectivity index (χ3v) is 2.84. The Kier molecular flexibility index (Phi) is 3.87. The molecule has 15 heavy (non-hydrogen) atoms. The fourth-order valence-electron chi connectivity index (χ4n) is 1.55. The van der Waals surface area contributed by atoms with Crippen molar-refractivity contribution in [2.75, 3.05) is 0 Å². The van der Waals surface area contributed by atoms with Crippen molar-refractivity contribution in [3.8, 4) is 6.07 Å². The molecule has 1 aromatic rings. The van der Waals surface area contributed by atoms with Gasteiger partial charge in [0.2, 0.25) is 0 Å². The summed E-state index contributed by atoms with van der Waals surface area (Å²) >= 11 is 3.24. The number of hydrogen-bond donors (Lipinski definition) is 1. The van der Waals surface area contributed by atoms with Crippen LogP contribution in [0.1, 0.15) is 34.0 Å². The first-order chi connectivity index (χ1) is 7.15. The summed E-state index contributed by atoms with van der Waals surface area (Å²) in [5, 5.41) is 18.4. The molecule has 0 aliphatic rings. The van der Waals surface area contributed by atoms with Gasteiger partial charge in [0.25, 0.3) is 0 Å². The quantitative estimate of drug-likeness (QED) is 0.857. The van der Waals surface area contributed by atoms with E-state index in [9.17, 15) is 4.79 Å². The lowest BCUT2D eigenvalue weighted by Crippen LogP contribution is -2.08. The Balaban J connectivity index is 3.53. The van der Waals surface area contributed by atoms with Crippen LogP contribution in [0, 0.1) is 11.3 Å². The minimum Gasteiger partial charge on any atom is -0.478 e. The molecule has 0 aliphatic heterocycles. The number of nitrogens with zero attached hydrogens (tertiary/aromatic N) is 1. The van der Waals surface area contributed by atoms with Crippen LogP contribution in [0.5, 0.6) is 0 Å². The standard InChI is InChI=1S/C11H10BrNO2/c1-2-9-8(6-13)4-3-7(5-12)10(9)11(14)15/h3-4H,2,5H2,1H3,(H,14,15). The third kappa shape index (κ3) is 2.18. The molecule has 4 heteroatoms. The van der Waals surface area contributed by atoms with Crippen LogP contribution in [0.4, 0.5) is 0 Å². The average molecular weight is 268 g/mol. The van der Waals surface area contributed by atoms with Crippen LogP contribution in [0.2, 0.25) is 0 Å². The van der Waals surface area contributed by atoms with Crippen LogP contribution in [0.25, 0.3) is 0 Å². The van der Waals surface area contributed by atoms with Crippen LogP contribution >= 0.6 is 15.9 Å². The highest BCUT2D eigenvalue weighted by Gasteiger charge is 2.16. The van der Waals surface area contributed by atoms with E-state index in [0.717, 1.165) is 0 Å². The van der Waals surface area contributed by atoms with Gasteiger partial charge in [-0.15, -0.1) is 0 Å². The largest absolute Gasteiger partial charge is 0.478 e. The Hall–Kier alpha value is -1.34. The van der Waals surface area contributed by atoms with Crippen molar-refractivity contribution in [1.29, 1.82) is 5.26 Å². The normalized spacial score (nSPS) is 9.67. The van der Waals surface area contributed by atoms with Crippen molar-refractivity contribution in [2.45, 2.75) is 18.7 Å². The lowest BCUT2D eigenvalue weighted by atomic mass is 9.95. The number of hydrogen-bond acceptors (Lipinski definition) is 2. The molecule has 0 radical (unpaired) electrons. The van der Waals surface area contributed by atoms with E-state index in [2.05, 4.69) is 15.9 Å². The lowest BCUT2D eigenvalue weighted by Gasteiger charge is -2.09. The number of carboxylic acids is 1. The summed E-state index contributed by atoms with van der Waals surface area (Å²) in [5.74, 6) is -0.974. The summed E-state index contributed by atoms with van der Waals surface area (Å²) in [6, 6.07) is 5.36. The molecule has 1 N–H and O–H groups in total. The first kappa shape index (κ1) is 11.7. The van der Waals surface area contributed by atoms with Crippen molar-refractivity contribution in [3.05, 3.63) is 34.4 Å². The molecule has 1 rings (SSSR count). The van der Waals surface area contributed by atoms with E-state index in [4.69, 9.17) is 10.4 Å². The summed E-state index contributed by atoms with van der Waals surface area (Å²) in [7, 11) is 0. The van der Waals surface area contributed by atoms with Gasteiger partial charge in [-0.1, -0.05) is 28.9 Å². The molecule has 0 saturated carbocycles. The maximum absolute atomic E-state index is 11.1. The molecule has 0 bridgehead atoms. The van der Waals surface area contributed by atoms with E-state index in [0.29, 0.717) is 28.4 Å². The van der Waals surface area contributed by atoms with Crippen molar-refractivity contribution in [2.24, 2.45) is 0 Å². The Labute approximate surface area is 96.5 Å². The second-order valence-corrected chi connectivity index (χ2v) is 3.59. The van der Waals surface area contributed by atoms with Crippen molar-refractivity contribution < 1.29 is 9.90 Å². The van der Waals surface area contributed by atoms with Crippen molar-refractivity contribution in [1.82, 2.24) is 0 Å². The Morgan fingerprint density at radius 1 is 1.60 bits per heavy atom. The number of alkyl halides is 1. The van der Waals surface area contributed by atoms with E-state index < -0.39 is 5.97 Å². The molecule has 0 spiro atoms. The summed E-state index contributed by atoms with van der Waals surface area (Å²) in [6.07, 6.45) is 0.547. The molecule has 0 atom stereocenters. The molecule has 0 unspecified atom stereocenters. The van der Waals surface area contributed by atoms with E-state index >= 15 is 0 Å². The first-order valence-electron chi connectivity index (χ1n) is 4.49. The third-order valence-electron chi connectivity index (χ3n) is 2.23. The molecule has 78 valence electrons. The zero-order chi connectivity index (χ0) is 11.4. The molecule has 1 aromatic carbocycles. The van der Waals surface area contributed by atoms with Crippen LogP contribution in [-0.2, 0) is 11.8 Å². The van der Waals surface area contributed by atoms with E-state index in [1.54, 1.807) is 12.1 Å². The zero-order valence-electron chi connectivity index (χ0n) is 8.25. The van der Waals surface area contributed by atoms with Crippen LogP contribution in [0.3, 0.4) is 0 Å². The highest BCUT2D eigenvalue weighted by atomic mass is 79.9. The maximum Gasteiger partial charge on any atom is 0.336 e. The molecule has 0 saturated heterocycles. The minimum atomic E-state index is -0.974. The number of aromatic carboxylic acids is 1. The predicted octanol–water partition coefficient (Wildman–Crippen LogP) is 2.71. The minimum absolute atomic E-state index is 0.258. The van der Waals surface area contributed by atoms with Crippen LogP contribution < -0.4 is 0 Å². The predicted molar refractivity (Wildman–Crippen MR) is 60.1 cm³/mol. The van der Waals surface area contributed by atoms with Gasteiger partial charge in [-0.25, -0.2) is 4.79 Å². The van der Waals surface area contributed by atoms with E-state index in [-0.39, 0.29) is 5.56 Å². The second-order valence-electron chi connectivity index (χ2n) is 3.03. The van der Waals surface area contributed by atoms with Gasteiger partial charge in [0.05, 0.1) is 17.2 Å². The van der Waals surface area contributed by atoms with Gasteiger partial charge >= 0.3 is 5.97 Å². The Morgan fingerprint density at radius 3 is 2.67 bits per heavy atom. The van der Waals surface area contributed by atoms with E-state index in [1.807, 2.05) is 13.0 Å². The number of halogens is 1. The summed E-state index contributed by atoms with van der Waals surface area (Å²) in [5.41, 5.74) is 2.02. The van der Waals surface area contributed by atoms with Gasteiger partial charge in [0.15, 0.2) is 0 Å². The molecular formula is C11H10BrNO2. The topological polar surface area (TPSA) is 61.1 Å². The molecule has 0 amide bonds. The molecule has 0 aliphatic carbocycles. The molecule has 3 nitrogen and oxygen atoms in total. The van der Waals surface area contributed by atoms with Gasteiger partial charge in [-0.3, -0.25) is 0 Å². The lowest BCUT2D eigenvalue weighted by molar-refractivity contribution is 0.0695. The number of benzene rings is 1. The van der Waals surface area contributed by atoms with E-state index in [1.165, 1.54) is 0 Å². The monoisotopic (exact) mass is 267 g/mol. The SMILES string of the molecule is CCc1c(C#N)ccc(CBr)c1C(=O)O. The Morgan fingerprint density at radius 2 is 2.27 bits per heavy atom. The summed E-state index contributed by atoms with van der Waals surface area (Å²) in [6.45, 7) is 1.85. The highest BCUT2D eigenvalue weighted by molar-refractivity contribution is 9.08. The zero-order valence-corrected chi connectivity index (χ0v) is 9.84. The van der Waals surface area contributed by atoms with Crippen molar-refractivity contribution in [3.63, 3.8) is 0 Å². The molecule has 0 aromatic heterocycles. The van der Waals surface area contributed by atoms with Crippen molar-refractivity contribution >= 4 is 21.9 Å². The molecular weight excluding hydrogens is 258 g/mol. The number of carboxylic acid groups (broad SMARTS) is 1. The number of rotatable bonds is 3. The maximum atomic E-state index is 11.1. The van der Waals surface area contributed by atoms with Gasteiger partial charge in [-0.2, -0.15) is 5.26 Å². The fraction of sp³-hybridized carbons (Fsp3) is 0.273. The molecule has 0 fully saturated rings. The number of nitriles is 1. The smallest absolute Gasteiger partial charge is 0.336 e. The van der Waals surface area contributed by atoms with Gasteiger partial charge < -0.3 is 5.11 Å². The van der Waals surface area contributed by atoms with Gasteiger partial charge in [-0.05, 0) is 23.6 Å². The van der Waals surface area contributed by atoms with Gasteiger partial charge in [0, 0.05) is 5.33 Å². The van der Waals surface area contributed by atoms with Gasteiger partial charge in [0.1, 0.15) is 0 Å². The fourth-order valence-corrected chi connectivity index (χ4v) is 2.01. The summed E-state index contributed by atoms with van der Waals surface area (Å²) in [4.78, 5) is 11.1. The number of carbonyl (C=O) groups is 1. The Bertz CT molecular complexity index is 435. The highest BCUT2D eigenvalue weighted by Crippen LogP contribution is 2.22. The van der Waals surface area contributed by atoms with Crippen LogP contribution in [-0.4, -0.2) is 11.1 Å². The first-order valence-corrected chi connectivity index (χ1v) is 5.61. The molecule has 0 heterocycles.